The molecule has 4 aliphatic rings. The summed E-state index contributed by atoms with van der Waals surface area (Å²) in [6, 6.07) is 0.269. The monoisotopic (exact) mass is 287 g/mol. The first-order valence-corrected chi connectivity index (χ1v) is 8.79. The molecular formula is C19H29NO. The van der Waals surface area contributed by atoms with Gasteiger partial charge in [-0.25, -0.2) is 0 Å². The molecule has 2 heteroatoms. The summed E-state index contributed by atoms with van der Waals surface area (Å²) in [6.45, 7) is 4.79. The lowest BCUT2D eigenvalue weighted by Crippen LogP contribution is -2.52. The normalized spacial score (nSPS) is 55.4. The van der Waals surface area contributed by atoms with Crippen LogP contribution in [0.2, 0.25) is 0 Å². The number of allylic oxidation sites excluding steroid dienone is 3. The van der Waals surface area contributed by atoms with Crippen LogP contribution in [0.3, 0.4) is 0 Å². The molecule has 2 nitrogen and oxygen atoms in total. The Morgan fingerprint density at radius 2 is 2.00 bits per heavy atom. The van der Waals surface area contributed by atoms with Crippen LogP contribution in [0.5, 0.6) is 0 Å². The predicted octanol–water partition coefficient (Wildman–Crippen LogP) is 4.18. The van der Waals surface area contributed by atoms with Crippen molar-refractivity contribution in [3.8, 4) is 0 Å². The summed E-state index contributed by atoms with van der Waals surface area (Å²) >= 11 is 0. The van der Waals surface area contributed by atoms with E-state index in [4.69, 9.17) is 5.73 Å². The Morgan fingerprint density at radius 1 is 1.19 bits per heavy atom. The second-order valence-electron chi connectivity index (χ2n) is 8.56. The van der Waals surface area contributed by atoms with E-state index in [1.165, 1.54) is 25.7 Å². The molecule has 3 N–H and O–H groups in total. The standard InChI is InChI=1S/C19H29NO/c1-18-9-7-13(20)11-12(18)3-4-14-15-5-6-17(21)19(15,2)10-8-16(14)18/h6-7,9,12-16,21H,3-5,8,10-11,20H2,1-2H3/t12-,13+,14+,15+,16+,18+,19+/m1/s1. The van der Waals surface area contributed by atoms with Crippen molar-refractivity contribution >= 4 is 0 Å². The van der Waals surface area contributed by atoms with Crippen molar-refractivity contribution in [3.05, 3.63) is 24.0 Å². The average molecular weight is 287 g/mol. The lowest BCUT2D eigenvalue weighted by atomic mass is 9.46. The van der Waals surface area contributed by atoms with Gasteiger partial charge in [-0.1, -0.05) is 26.0 Å². The molecule has 21 heavy (non-hydrogen) atoms. The van der Waals surface area contributed by atoms with Gasteiger partial charge in [0.15, 0.2) is 0 Å². The zero-order chi connectivity index (χ0) is 14.8. The molecule has 2 saturated carbocycles. The van der Waals surface area contributed by atoms with Gasteiger partial charge in [0.05, 0.1) is 5.76 Å². The van der Waals surface area contributed by atoms with Crippen molar-refractivity contribution in [2.24, 2.45) is 40.2 Å². The summed E-state index contributed by atoms with van der Waals surface area (Å²) < 4.78 is 0. The Kier molecular flexibility index (Phi) is 2.89. The van der Waals surface area contributed by atoms with E-state index >= 15 is 0 Å². The van der Waals surface area contributed by atoms with E-state index < -0.39 is 0 Å². The summed E-state index contributed by atoms with van der Waals surface area (Å²) in [4.78, 5) is 0. The van der Waals surface area contributed by atoms with E-state index in [0.29, 0.717) is 17.1 Å². The van der Waals surface area contributed by atoms with Gasteiger partial charge in [0.2, 0.25) is 0 Å². The molecule has 0 radical (unpaired) electrons. The maximum absolute atomic E-state index is 10.3. The first-order valence-electron chi connectivity index (χ1n) is 8.79. The predicted molar refractivity (Wildman–Crippen MR) is 85.7 cm³/mol. The molecule has 2 fully saturated rings. The van der Waals surface area contributed by atoms with Crippen molar-refractivity contribution in [3.63, 3.8) is 0 Å². The van der Waals surface area contributed by atoms with E-state index in [1.807, 2.05) is 0 Å². The number of rotatable bonds is 0. The molecule has 0 aliphatic heterocycles. The van der Waals surface area contributed by atoms with Crippen molar-refractivity contribution < 1.29 is 5.11 Å². The van der Waals surface area contributed by atoms with Crippen LogP contribution in [0.25, 0.3) is 0 Å². The third-order valence-electron chi connectivity index (χ3n) is 7.76. The maximum Gasteiger partial charge on any atom is 0.0944 e. The Hall–Kier alpha value is -0.760. The Balaban J connectivity index is 1.67. The van der Waals surface area contributed by atoms with Gasteiger partial charge in [0.1, 0.15) is 0 Å². The highest BCUT2D eigenvalue weighted by Crippen LogP contribution is 2.64. The molecule has 0 heterocycles. The minimum absolute atomic E-state index is 0.0686. The first kappa shape index (κ1) is 13.9. The average Bonchev–Trinajstić information content (AvgIpc) is 2.76. The van der Waals surface area contributed by atoms with Crippen LogP contribution in [0.1, 0.15) is 52.4 Å². The van der Waals surface area contributed by atoms with Gasteiger partial charge in [-0.15, -0.1) is 0 Å². The molecule has 0 aromatic rings. The van der Waals surface area contributed by atoms with Crippen molar-refractivity contribution in [2.75, 3.05) is 0 Å². The van der Waals surface area contributed by atoms with Gasteiger partial charge in [-0.05, 0) is 73.7 Å². The summed E-state index contributed by atoms with van der Waals surface area (Å²) in [5, 5.41) is 10.3. The topological polar surface area (TPSA) is 46.2 Å². The summed E-state index contributed by atoms with van der Waals surface area (Å²) in [5.41, 5.74) is 6.58. The van der Waals surface area contributed by atoms with Crippen LogP contribution in [-0.2, 0) is 0 Å². The maximum atomic E-state index is 10.3. The Morgan fingerprint density at radius 3 is 2.81 bits per heavy atom. The fourth-order valence-electron chi connectivity index (χ4n) is 6.38. The van der Waals surface area contributed by atoms with Crippen molar-refractivity contribution in [1.82, 2.24) is 0 Å². The number of hydrogen-bond acceptors (Lipinski definition) is 2. The lowest BCUT2D eigenvalue weighted by Gasteiger charge is -2.58. The van der Waals surface area contributed by atoms with E-state index in [1.54, 1.807) is 0 Å². The van der Waals surface area contributed by atoms with E-state index in [2.05, 4.69) is 32.1 Å². The van der Waals surface area contributed by atoms with Gasteiger partial charge in [0, 0.05) is 11.5 Å². The number of hydrogen-bond donors (Lipinski definition) is 2. The van der Waals surface area contributed by atoms with Crippen LogP contribution in [0, 0.1) is 34.5 Å². The Bertz CT molecular complexity index is 510. The smallest absolute Gasteiger partial charge is 0.0944 e. The van der Waals surface area contributed by atoms with E-state index in [9.17, 15) is 5.11 Å². The molecule has 0 bridgehead atoms. The van der Waals surface area contributed by atoms with E-state index in [0.717, 1.165) is 30.6 Å². The molecule has 4 aliphatic carbocycles. The van der Waals surface area contributed by atoms with E-state index in [-0.39, 0.29) is 11.5 Å². The van der Waals surface area contributed by atoms with Gasteiger partial charge in [0.25, 0.3) is 0 Å². The molecule has 116 valence electrons. The number of nitrogens with two attached hydrogens (primary N) is 1. The summed E-state index contributed by atoms with van der Waals surface area (Å²) in [7, 11) is 0. The molecule has 0 aromatic carbocycles. The van der Waals surface area contributed by atoms with Crippen LogP contribution in [0.4, 0.5) is 0 Å². The molecule has 4 rings (SSSR count). The third-order valence-corrected chi connectivity index (χ3v) is 7.76. The van der Waals surface area contributed by atoms with Crippen LogP contribution in [0.15, 0.2) is 24.0 Å². The molecule has 0 aromatic heterocycles. The Labute approximate surface area is 128 Å². The number of fused-ring (bicyclic) bond motifs is 5. The van der Waals surface area contributed by atoms with Gasteiger partial charge in [-0.2, -0.15) is 0 Å². The van der Waals surface area contributed by atoms with Crippen LogP contribution < -0.4 is 5.73 Å². The fourth-order valence-corrected chi connectivity index (χ4v) is 6.38. The minimum atomic E-state index is 0.0686. The fraction of sp³-hybridized carbons (Fsp3) is 0.789. The van der Waals surface area contributed by atoms with Gasteiger partial charge < -0.3 is 10.8 Å². The second-order valence-corrected chi connectivity index (χ2v) is 8.56. The highest BCUT2D eigenvalue weighted by Gasteiger charge is 2.57. The minimum Gasteiger partial charge on any atom is -0.512 e. The zero-order valence-electron chi connectivity index (χ0n) is 13.4. The highest BCUT2D eigenvalue weighted by molar-refractivity contribution is 5.23. The number of aliphatic hydroxyl groups excluding tert-OH is 1. The molecule has 0 saturated heterocycles. The lowest BCUT2D eigenvalue weighted by molar-refractivity contribution is -0.0710. The number of aliphatic hydroxyl groups is 1. The molecular weight excluding hydrogens is 258 g/mol. The van der Waals surface area contributed by atoms with Gasteiger partial charge in [-0.3, -0.25) is 0 Å². The molecule has 7 atom stereocenters. The second kappa shape index (κ2) is 4.38. The quantitative estimate of drug-likeness (QED) is 0.656. The van der Waals surface area contributed by atoms with Crippen molar-refractivity contribution in [1.29, 1.82) is 0 Å². The molecule has 0 unspecified atom stereocenters. The van der Waals surface area contributed by atoms with Crippen LogP contribution in [-0.4, -0.2) is 11.1 Å². The van der Waals surface area contributed by atoms with Crippen LogP contribution >= 0.6 is 0 Å². The summed E-state index contributed by atoms with van der Waals surface area (Å²) in [6.07, 6.45) is 14.2. The van der Waals surface area contributed by atoms with Crippen molar-refractivity contribution in [2.45, 2.75) is 58.4 Å². The van der Waals surface area contributed by atoms with Gasteiger partial charge >= 0.3 is 0 Å². The molecule has 0 spiro atoms. The molecule has 0 amide bonds. The largest absolute Gasteiger partial charge is 0.512 e. The third kappa shape index (κ3) is 1.75. The SMILES string of the molecule is C[C@]12C=C[C@H](N)C[C@H]1CC[C@@H]1[C@@H]2CC[C@]2(C)C(O)=CC[C@@H]12. The zero-order valence-corrected chi connectivity index (χ0v) is 13.4. The first-order chi connectivity index (χ1) is 9.95. The highest BCUT2D eigenvalue weighted by atomic mass is 16.3. The summed E-state index contributed by atoms with van der Waals surface area (Å²) in [5.74, 6) is 3.69.